The second-order valence-electron chi connectivity index (χ2n) is 8.27. The third-order valence-corrected chi connectivity index (χ3v) is 7.62. The van der Waals surface area contributed by atoms with Crippen molar-refractivity contribution < 1.29 is 13.2 Å². The molecule has 122 valence electrons. The van der Waals surface area contributed by atoms with Crippen LogP contribution in [0.15, 0.2) is 0 Å². The molecule has 2 unspecified atom stereocenters. The number of nitrogens with two attached hydrogens (primary N) is 1. The molecule has 5 heteroatoms. The summed E-state index contributed by atoms with van der Waals surface area (Å²) in [6.45, 7) is 12.5. The third-order valence-electron chi connectivity index (χ3n) is 6.73. The number of hydrogen-bond donors (Lipinski definition) is 1. The van der Waals surface area contributed by atoms with Gasteiger partial charge in [0.25, 0.3) is 0 Å². The van der Waals surface area contributed by atoms with Gasteiger partial charge in [-0.15, -0.1) is 0 Å². The van der Waals surface area contributed by atoms with Gasteiger partial charge in [-0.1, -0.05) is 41.5 Å². The smallest absolute Gasteiger partial charge is 0.210 e. The Bertz CT molecular complexity index is 554. The zero-order chi connectivity index (χ0) is 16.4. The minimum absolute atomic E-state index is 0.148. The quantitative estimate of drug-likeness (QED) is 0.866. The van der Waals surface area contributed by atoms with Crippen LogP contribution < -0.4 is 5.14 Å². The topological polar surface area (TPSA) is 77.2 Å². The number of primary sulfonamides is 1. The first-order valence-corrected chi connectivity index (χ1v) is 9.61. The molecular weight excluding hydrogens is 286 g/mol. The van der Waals surface area contributed by atoms with E-state index in [0.717, 1.165) is 6.42 Å². The van der Waals surface area contributed by atoms with Crippen molar-refractivity contribution in [2.45, 2.75) is 54.4 Å². The summed E-state index contributed by atoms with van der Waals surface area (Å²) in [6, 6.07) is 0. The van der Waals surface area contributed by atoms with E-state index in [1.807, 2.05) is 0 Å². The summed E-state index contributed by atoms with van der Waals surface area (Å²) in [5.41, 5.74) is -1.54. The van der Waals surface area contributed by atoms with Crippen LogP contribution in [0.2, 0.25) is 0 Å². The number of fused-ring (bicyclic) bond motifs is 2. The lowest BCUT2D eigenvalue weighted by atomic mass is 9.57. The molecule has 4 nitrogen and oxygen atoms in total. The van der Waals surface area contributed by atoms with Gasteiger partial charge in [-0.3, -0.25) is 4.79 Å². The van der Waals surface area contributed by atoms with Gasteiger partial charge in [-0.05, 0) is 36.0 Å². The summed E-state index contributed by atoms with van der Waals surface area (Å²) in [7, 11) is -3.68. The Kier molecular flexibility index (Phi) is 3.66. The molecule has 2 fully saturated rings. The van der Waals surface area contributed by atoms with Gasteiger partial charge in [-0.2, -0.15) is 0 Å². The van der Waals surface area contributed by atoms with Crippen LogP contribution in [0.1, 0.15) is 54.4 Å². The molecule has 21 heavy (non-hydrogen) atoms. The minimum atomic E-state index is -3.68. The molecule has 0 aromatic carbocycles. The van der Waals surface area contributed by atoms with Crippen LogP contribution in [0.3, 0.4) is 0 Å². The number of carbonyl (C=O) groups excluding carboxylic acids is 1. The van der Waals surface area contributed by atoms with Crippen molar-refractivity contribution >= 4 is 15.8 Å². The van der Waals surface area contributed by atoms with Crippen LogP contribution in [0.5, 0.6) is 0 Å². The van der Waals surface area contributed by atoms with Gasteiger partial charge in [0.2, 0.25) is 10.0 Å². The molecule has 0 aromatic heterocycles. The van der Waals surface area contributed by atoms with Gasteiger partial charge < -0.3 is 0 Å². The van der Waals surface area contributed by atoms with Gasteiger partial charge in [0.1, 0.15) is 5.78 Å². The zero-order valence-corrected chi connectivity index (χ0v) is 14.9. The standard InChI is InChI=1S/C16H29NO3S/c1-10(2)16(11(3)4)12-7-8-15(13(16)18,14(12,5)6)9-21(17,19)20/h10-12H,7-9H2,1-6H3,(H2,17,19,20). The Balaban J connectivity index is 2.68. The second kappa shape index (κ2) is 4.54. The van der Waals surface area contributed by atoms with Crippen LogP contribution in [0.25, 0.3) is 0 Å². The normalized spacial score (nSPS) is 34.1. The fourth-order valence-electron chi connectivity index (χ4n) is 5.88. The van der Waals surface area contributed by atoms with E-state index >= 15 is 0 Å². The summed E-state index contributed by atoms with van der Waals surface area (Å²) in [4.78, 5) is 13.5. The van der Waals surface area contributed by atoms with E-state index in [4.69, 9.17) is 5.14 Å². The molecule has 0 radical (unpaired) electrons. The van der Waals surface area contributed by atoms with Crippen molar-refractivity contribution in [1.29, 1.82) is 0 Å². The molecule has 0 spiro atoms. The van der Waals surface area contributed by atoms with Gasteiger partial charge in [0, 0.05) is 5.41 Å². The maximum absolute atomic E-state index is 13.5. The van der Waals surface area contributed by atoms with Crippen LogP contribution in [-0.4, -0.2) is 20.0 Å². The van der Waals surface area contributed by atoms with Crippen LogP contribution in [0.4, 0.5) is 0 Å². The van der Waals surface area contributed by atoms with Gasteiger partial charge in [-0.25, -0.2) is 13.6 Å². The molecule has 2 N–H and O–H groups in total. The monoisotopic (exact) mass is 315 g/mol. The molecule has 2 bridgehead atoms. The van der Waals surface area contributed by atoms with Crippen LogP contribution in [0, 0.1) is 34.0 Å². The van der Waals surface area contributed by atoms with Crippen molar-refractivity contribution in [3.63, 3.8) is 0 Å². The molecule has 0 amide bonds. The summed E-state index contributed by atoms with van der Waals surface area (Å²) >= 11 is 0. The first kappa shape index (κ1) is 16.9. The summed E-state index contributed by atoms with van der Waals surface area (Å²) in [5, 5.41) is 5.34. The lowest BCUT2D eigenvalue weighted by Crippen LogP contribution is -2.50. The van der Waals surface area contributed by atoms with Crippen LogP contribution >= 0.6 is 0 Å². The Hall–Kier alpha value is -0.420. The Morgan fingerprint density at radius 1 is 1.19 bits per heavy atom. The van der Waals surface area contributed by atoms with E-state index in [1.165, 1.54) is 0 Å². The second-order valence-corrected chi connectivity index (χ2v) is 9.89. The SMILES string of the molecule is CC(C)C1(C(C)C)C(=O)C2(CS(N)(=O)=O)CCC1C2(C)C. The lowest BCUT2D eigenvalue weighted by Gasteiger charge is -2.45. The molecule has 2 aliphatic carbocycles. The molecule has 0 aromatic rings. The molecule has 2 saturated carbocycles. The summed E-state index contributed by atoms with van der Waals surface area (Å²) < 4.78 is 23.6. The molecular formula is C16H29NO3S. The highest BCUT2D eigenvalue weighted by Crippen LogP contribution is 2.73. The highest BCUT2D eigenvalue weighted by atomic mass is 32.2. The van der Waals surface area contributed by atoms with E-state index in [0.29, 0.717) is 6.42 Å². The van der Waals surface area contributed by atoms with E-state index in [9.17, 15) is 13.2 Å². The number of rotatable bonds is 4. The lowest BCUT2D eigenvalue weighted by molar-refractivity contribution is -0.143. The van der Waals surface area contributed by atoms with Crippen LogP contribution in [-0.2, 0) is 14.8 Å². The third kappa shape index (κ3) is 1.89. The predicted octanol–water partition coefficient (Wildman–Crippen LogP) is 2.58. The predicted molar refractivity (Wildman–Crippen MR) is 84.0 cm³/mol. The van der Waals surface area contributed by atoms with Gasteiger partial charge in [0.05, 0.1) is 11.2 Å². The van der Waals surface area contributed by atoms with Crippen molar-refractivity contribution in [1.82, 2.24) is 0 Å². The average molecular weight is 315 g/mol. The fraction of sp³-hybridized carbons (Fsp3) is 0.938. The molecule has 0 heterocycles. The van der Waals surface area contributed by atoms with E-state index < -0.39 is 20.9 Å². The van der Waals surface area contributed by atoms with Gasteiger partial charge in [0.15, 0.2) is 0 Å². The van der Waals surface area contributed by atoms with Crippen molar-refractivity contribution in [3.8, 4) is 0 Å². The maximum Gasteiger partial charge on any atom is 0.210 e. The van der Waals surface area contributed by atoms with E-state index in [2.05, 4.69) is 41.5 Å². The summed E-state index contributed by atoms with van der Waals surface area (Å²) in [6.07, 6.45) is 1.58. The van der Waals surface area contributed by atoms with Crippen molar-refractivity contribution in [2.24, 2.45) is 39.1 Å². The largest absolute Gasteiger partial charge is 0.298 e. The van der Waals surface area contributed by atoms with Crippen molar-refractivity contribution in [3.05, 3.63) is 0 Å². The number of sulfonamides is 1. The number of ketones is 1. The first-order chi connectivity index (χ1) is 9.34. The Morgan fingerprint density at radius 2 is 1.67 bits per heavy atom. The molecule has 2 aliphatic rings. The van der Waals surface area contributed by atoms with E-state index in [-0.39, 0.29) is 34.7 Å². The number of hydrogen-bond acceptors (Lipinski definition) is 3. The molecule has 2 rings (SSSR count). The average Bonchev–Trinajstić information content (AvgIpc) is 2.58. The molecule has 2 atom stereocenters. The minimum Gasteiger partial charge on any atom is -0.298 e. The fourth-order valence-corrected chi connectivity index (χ4v) is 7.22. The molecule has 0 saturated heterocycles. The Labute approximate surface area is 128 Å². The van der Waals surface area contributed by atoms with Crippen molar-refractivity contribution in [2.75, 3.05) is 5.75 Å². The van der Waals surface area contributed by atoms with E-state index in [1.54, 1.807) is 0 Å². The highest BCUT2D eigenvalue weighted by Gasteiger charge is 2.76. The maximum atomic E-state index is 13.5. The van der Waals surface area contributed by atoms with Gasteiger partial charge >= 0.3 is 0 Å². The summed E-state index contributed by atoms with van der Waals surface area (Å²) in [5.74, 6) is 0.590. The number of Topliss-reactive ketones (excluding diaryl/α,β-unsaturated/α-hetero) is 1. The Morgan fingerprint density at radius 3 is 2.00 bits per heavy atom. The molecule has 0 aliphatic heterocycles. The number of carbonyl (C=O) groups is 1. The zero-order valence-electron chi connectivity index (χ0n) is 14.1. The highest BCUT2D eigenvalue weighted by molar-refractivity contribution is 7.89. The first-order valence-electron chi connectivity index (χ1n) is 7.89.